The van der Waals surface area contributed by atoms with Gasteiger partial charge in [-0.1, -0.05) is 42.0 Å². The summed E-state index contributed by atoms with van der Waals surface area (Å²) in [6.07, 6.45) is 0. The van der Waals surface area contributed by atoms with Crippen LogP contribution in [-0.2, 0) is 6.54 Å². The number of aryl methyl sites for hydroxylation is 3. The summed E-state index contributed by atoms with van der Waals surface area (Å²) in [6.45, 7) is 10.9. The Kier molecular flexibility index (Phi) is 5.65. The van der Waals surface area contributed by atoms with Gasteiger partial charge in [-0.25, -0.2) is 4.98 Å². The molecule has 1 aliphatic heterocycles. The number of nitrogens with zero attached hydrogens (tertiary/aromatic N) is 4. The molecule has 0 aliphatic carbocycles. The molecular formula is C24H29N5. The van der Waals surface area contributed by atoms with E-state index in [1.165, 1.54) is 22.4 Å². The smallest absolute Gasteiger partial charge is 0.227 e. The van der Waals surface area contributed by atoms with Crippen LogP contribution in [0.2, 0.25) is 0 Å². The summed E-state index contributed by atoms with van der Waals surface area (Å²) in [5.41, 5.74) is 6.12. The first kappa shape index (κ1) is 19.2. The van der Waals surface area contributed by atoms with E-state index in [1.807, 2.05) is 13.0 Å². The molecule has 0 saturated carbocycles. The SMILES string of the molecule is Cc1cccc(CNc2cc(C)nc(N3CCN(c4cccc(C)c4)CC3)n2)c1. The molecule has 4 rings (SSSR count). The lowest BCUT2D eigenvalue weighted by Gasteiger charge is -2.36. The van der Waals surface area contributed by atoms with Crippen molar-refractivity contribution in [2.75, 3.05) is 41.3 Å². The Bertz CT molecular complexity index is 977. The van der Waals surface area contributed by atoms with E-state index in [2.05, 4.69) is 77.5 Å². The van der Waals surface area contributed by atoms with Gasteiger partial charge in [0.25, 0.3) is 0 Å². The van der Waals surface area contributed by atoms with E-state index in [0.29, 0.717) is 0 Å². The van der Waals surface area contributed by atoms with E-state index >= 15 is 0 Å². The summed E-state index contributed by atoms with van der Waals surface area (Å²) < 4.78 is 0. The lowest BCUT2D eigenvalue weighted by molar-refractivity contribution is 0.639. The zero-order valence-electron chi connectivity index (χ0n) is 17.5. The standard InChI is InChI=1S/C24H29N5/c1-18-6-4-8-21(14-18)17-25-23-16-20(3)26-24(27-23)29-12-10-28(11-13-29)22-9-5-7-19(2)15-22/h4-9,14-16H,10-13,17H2,1-3H3,(H,25,26,27). The van der Waals surface area contributed by atoms with E-state index in [1.54, 1.807) is 0 Å². The predicted molar refractivity (Wildman–Crippen MR) is 121 cm³/mol. The fourth-order valence-corrected chi connectivity index (χ4v) is 3.79. The van der Waals surface area contributed by atoms with Crippen LogP contribution < -0.4 is 15.1 Å². The van der Waals surface area contributed by atoms with Crippen molar-refractivity contribution in [3.63, 3.8) is 0 Å². The highest BCUT2D eigenvalue weighted by atomic mass is 15.3. The third-order valence-corrected chi connectivity index (χ3v) is 5.33. The highest BCUT2D eigenvalue weighted by Crippen LogP contribution is 2.21. The topological polar surface area (TPSA) is 44.3 Å². The number of hydrogen-bond acceptors (Lipinski definition) is 5. The Morgan fingerprint density at radius 3 is 2.21 bits per heavy atom. The van der Waals surface area contributed by atoms with Gasteiger partial charge in [0.05, 0.1) is 0 Å². The van der Waals surface area contributed by atoms with Gasteiger partial charge in [0.2, 0.25) is 5.95 Å². The molecule has 0 radical (unpaired) electrons. The van der Waals surface area contributed by atoms with Gasteiger partial charge >= 0.3 is 0 Å². The summed E-state index contributed by atoms with van der Waals surface area (Å²) in [4.78, 5) is 14.2. The molecule has 5 heteroatoms. The fraction of sp³-hybridized carbons (Fsp3) is 0.333. The number of piperazine rings is 1. The Morgan fingerprint density at radius 1 is 0.793 bits per heavy atom. The van der Waals surface area contributed by atoms with Crippen LogP contribution in [0.1, 0.15) is 22.4 Å². The van der Waals surface area contributed by atoms with Crippen LogP contribution >= 0.6 is 0 Å². The van der Waals surface area contributed by atoms with E-state index in [9.17, 15) is 0 Å². The minimum Gasteiger partial charge on any atom is -0.368 e. The quantitative estimate of drug-likeness (QED) is 0.705. The minimum atomic E-state index is 0.763. The van der Waals surface area contributed by atoms with Gasteiger partial charge in [-0.05, 0) is 44.0 Å². The van der Waals surface area contributed by atoms with Crippen LogP contribution in [0.15, 0.2) is 54.6 Å². The zero-order chi connectivity index (χ0) is 20.2. The van der Waals surface area contributed by atoms with Crippen molar-refractivity contribution < 1.29 is 0 Å². The number of aromatic nitrogens is 2. The molecule has 1 fully saturated rings. The van der Waals surface area contributed by atoms with E-state index in [4.69, 9.17) is 9.97 Å². The van der Waals surface area contributed by atoms with Crippen molar-refractivity contribution >= 4 is 17.5 Å². The summed E-state index contributed by atoms with van der Waals surface area (Å²) in [7, 11) is 0. The Hall–Kier alpha value is -3.08. The summed E-state index contributed by atoms with van der Waals surface area (Å²) in [5, 5.41) is 3.46. The minimum absolute atomic E-state index is 0.763. The largest absolute Gasteiger partial charge is 0.368 e. The lowest BCUT2D eigenvalue weighted by atomic mass is 10.1. The second-order valence-corrected chi connectivity index (χ2v) is 7.85. The van der Waals surface area contributed by atoms with Gasteiger partial charge in [-0.2, -0.15) is 4.98 Å². The monoisotopic (exact) mass is 387 g/mol. The van der Waals surface area contributed by atoms with Crippen molar-refractivity contribution in [1.29, 1.82) is 0 Å². The Balaban J connectivity index is 1.41. The van der Waals surface area contributed by atoms with Gasteiger partial charge in [-0.3, -0.25) is 0 Å². The van der Waals surface area contributed by atoms with Gasteiger partial charge < -0.3 is 15.1 Å². The third-order valence-electron chi connectivity index (χ3n) is 5.33. The molecule has 2 heterocycles. The first-order valence-electron chi connectivity index (χ1n) is 10.3. The van der Waals surface area contributed by atoms with Crippen molar-refractivity contribution in [3.05, 3.63) is 77.0 Å². The fourth-order valence-electron chi connectivity index (χ4n) is 3.79. The van der Waals surface area contributed by atoms with E-state index < -0.39 is 0 Å². The molecule has 1 aromatic heterocycles. The molecule has 3 aromatic rings. The molecule has 29 heavy (non-hydrogen) atoms. The van der Waals surface area contributed by atoms with Crippen LogP contribution in [0.4, 0.5) is 17.5 Å². The summed E-state index contributed by atoms with van der Waals surface area (Å²) in [5.74, 6) is 1.70. The molecule has 0 spiro atoms. The lowest BCUT2D eigenvalue weighted by Crippen LogP contribution is -2.47. The molecule has 0 amide bonds. The van der Waals surface area contributed by atoms with Gasteiger partial charge in [0.1, 0.15) is 5.82 Å². The number of hydrogen-bond donors (Lipinski definition) is 1. The van der Waals surface area contributed by atoms with E-state index in [-0.39, 0.29) is 0 Å². The second kappa shape index (κ2) is 8.52. The Labute approximate surface area is 173 Å². The van der Waals surface area contributed by atoms with Crippen LogP contribution in [-0.4, -0.2) is 36.1 Å². The highest BCUT2D eigenvalue weighted by molar-refractivity contribution is 5.51. The van der Waals surface area contributed by atoms with Crippen molar-refractivity contribution in [3.8, 4) is 0 Å². The van der Waals surface area contributed by atoms with E-state index in [0.717, 1.165) is 50.2 Å². The van der Waals surface area contributed by atoms with Gasteiger partial charge in [0, 0.05) is 50.2 Å². The summed E-state index contributed by atoms with van der Waals surface area (Å²) in [6, 6.07) is 19.3. The number of benzene rings is 2. The normalized spacial score (nSPS) is 14.2. The first-order chi connectivity index (χ1) is 14.1. The molecule has 5 nitrogen and oxygen atoms in total. The Morgan fingerprint density at radius 2 is 1.48 bits per heavy atom. The van der Waals surface area contributed by atoms with Crippen LogP contribution in [0.5, 0.6) is 0 Å². The highest BCUT2D eigenvalue weighted by Gasteiger charge is 2.20. The number of nitrogens with one attached hydrogen (secondary N) is 1. The molecular weight excluding hydrogens is 358 g/mol. The molecule has 0 atom stereocenters. The molecule has 1 aliphatic rings. The maximum atomic E-state index is 4.79. The molecule has 0 bridgehead atoms. The first-order valence-corrected chi connectivity index (χ1v) is 10.3. The molecule has 1 saturated heterocycles. The average molecular weight is 388 g/mol. The van der Waals surface area contributed by atoms with Gasteiger partial charge in [-0.15, -0.1) is 0 Å². The predicted octanol–water partition coefficient (Wildman–Crippen LogP) is 4.34. The maximum absolute atomic E-state index is 4.79. The molecule has 1 N–H and O–H groups in total. The molecule has 0 unspecified atom stereocenters. The molecule has 2 aromatic carbocycles. The van der Waals surface area contributed by atoms with Crippen LogP contribution in [0, 0.1) is 20.8 Å². The average Bonchev–Trinajstić information content (AvgIpc) is 2.72. The zero-order valence-corrected chi connectivity index (χ0v) is 17.5. The number of rotatable bonds is 5. The van der Waals surface area contributed by atoms with Gasteiger partial charge in [0.15, 0.2) is 0 Å². The maximum Gasteiger partial charge on any atom is 0.227 e. The van der Waals surface area contributed by atoms with Crippen molar-refractivity contribution in [1.82, 2.24) is 9.97 Å². The van der Waals surface area contributed by atoms with Crippen LogP contribution in [0.3, 0.4) is 0 Å². The van der Waals surface area contributed by atoms with Crippen LogP contribution in [0.25, 0.3) is 0 Å². The third kappa shape index (κ3) is 4.86. The molecule has 150 valence electrons. The van der Waals surface area contributed by atoms with Crippen molar-refractivity contribution in [2.45, 2.75) is 27.3 Å². The number of anilines is 3. The second-order valence-electron chi connectivity index (χ2n) is 7.85. The van der Waals surface area contributed by atoms with Crippen molar-refractivity contribution in [2.24, 2.45) is 0 Å². The summed E-state index contributed by atoms with van der Waals surface area (Å²) >= 11 is 0.